The number of carboxylic acid groups (broad SMARTS) is 1. The van der Waals surface area contributed by atoms with E-state index in [1.165, 1.54) is 25.1 Å². The van der Waals surface area contributed by atoms with Crippen LogP contribution in [0.2, 0.25) is 0 Å². The fourth-order valence-electron chi connectivity index (χ4n) is 1.18. The van der Waals surface area contributed by atoms with Crippen molar-refractivity contribution in [2.75, 3.05) is 6.61 Å². The van der Waals surface area contributed by atoms with Crippen molar-refractivity contribution >= 4 is 21.9 Å². The zero-order chi connectivity index (χ0) is 10.8. The van der Waals surface area contributed by atoms with E-state index in [-0.39, 0.29) is 11.4 Å². The van der Waals surface area contributed by atoms with Crippen molar-refractivity contribution in [1.82, 2.24) is 4.98 Å². The summed E-state index contributed by atoms with van der Waals surface area (Å²) in [6.07, 6.45) is 3.87. The summed E-state index contributed by atoms with van der Waals surface area (Å²) in [7, 11) is 0. The zero-order valence-electron chi connectivity index (χ0n) is 7.94. The molecule has 1 saturated carbocycles. The first-order chi connectivity index (χ1) is 7.16. The lowest BCUT2D eigenvalue weighted by Crippen LogP contribution is -2.07. The summed E-state index contributed by atoms with van der Waals surface area (Å²) in [5, 5.41) is 8.93. The summed E-state index contributed by atoms with van der Waals surface area (Å²) in [6, 6.07) is 1.50. The van der Waals surface area contributed by atoms with Gasteiger partial charge in [0.15, 0.2) is 0 Å². The smallest absolute Gasteiger partial charge is 0.341 e. The molecular formula is C10H10BrNO3. The summed E-state index contributed by atoms with van der Waals surface area (Å²) in [4.78, 5) is 14.8. The third kappa shape index (κ3) is 2.68. The van der Waals surface area contributed by atoms with E-state index in [9.17, 15) is 4.79 Å². The Balaban J connectivity index is 2.15. The fourth-order valence-corrected chi connectivity index (χ4v) is 1.51. The van der Waals surface area contributed by atoms with Crippen LogP contribution in [-0.4, -0.2) is 22.7 Å². The molecule has 1 heterocycles. The number of rotatable bonds is 4. The molecule has 1 aromatic rings. The Labute approximate surface area is 95.4 Å². The van der Waals surface area contributed by atoms with Gasteiger partial charge < -0.3 is 9.84 Å². The number of ether oxygens (including phenoxy) is 1. The van der Waals surface area contributed by atoms with E-state index >= 15 is 0 Å². The highest BCUT2D eigenvalue weighted by molar-refractivity contribution is 9.10. The molecule has 0 spiro atoms. The highest BCUT2D eigenvalue weighted by Gasteiger charge is 2.23. The van der Waals surface area contributed by atoms with Gasteiger partial charge in [-0.05, 0) is 40.8 Å². The van der Waals surface area contributed by atoms with Crippen LogP contribution >= 0.6 is 15.9 Å². The molecule has 0 amide bonds. The minimum absolute atomic E-state index is 0.102. The first-order valence-electron chi connectivity index (χ1n) is 4.68. The van der Waals surface area contributed by atoms with Crippen LogP contribution < -0.4 is 4.74 Å². The summed E-state index contributed by atoms with van der Waals surface area (Å²) < 4.78 is 6.00. The highest BCUT2D eigenvalue weighted by Crippen LogP contribution is 2.30. The van der Waals surface area contributed by atoms with Crippen molar-refractivity contribution in [2.45, 2.75) is 12.8 Å². The Hall–Kier alpha value is -1.10. The molecule has 5 heteroatoms. The molecule has 0 saturated heterocycles. The van der Waals surface area contributed by atoms with Gasteiger partial charge in [0.25, 0.3) is 0 Å². The van der Waals surface area contributed by atoms with Crippen LogP contribution in [0.15, 0.2) is 16.7 Å². The standard InChI is InChI=1S/C10H10BrNO3/c11-7-3-8(10(13)14)9(12-4-7)15-5-6-1-2-6/h3-4,6H,1-2,5H2,(H,13,14). The molecule has 0 aliphatic heterocycles. The molecule has 0 radical (unpaired) electrons. The molecule has 15 heavy (non-hydrogen) atoms. The lowest BCUT2D eigenvalue weighted by atomic mass is 10.3. The Morgan fingerprint density at radius 1 is 1.67 bits per heavy atom. The highest BCUT2D eigenvalue weighted by atomic mass is 79.9. The third-order valence-electron chi connectivity index (χ3n) is 2.20. The number of carbonyl (C=O) groups is 1. The second-order valence-corrected chi connectivity index (χ2v) is 4.48. The minimum Gasteiger partial charge on any atom is -0.477 e. The van der Waals surface area contributed by atoms with E-state index in [1.807, 2.05) is 0 Å². The summed E-state index contributed by atoms with van der Waals surface area (Å²) >= 11 is 3.18. The summed E-state index contributed by atoms with van der Waals surface area (Å²) in [5.74, 6) is -0.232. The van der Waals surface area contributed by atoms with E-state index in [1.54, 1.807) is 0 Å². The molecule has 1 aliphatic rings. The normalized spacial score (nSPS) is 15.0. The molecule has 0 bridgehead atoms. The number of hydrogen-bond acceptors (Lipinski definition) is 3. The Morgan fingerprint density at radius 3 is 3.00 bits per heavy atom. The van der Waals surface area contributed by atoms with Crippen molar-refractivity contribution < 1.29 is 14.6 Å². The third-order valence-corrected chi connectivity index (χ3v) is 2.63. The van der Waals surface area contributed by atoms with E-state index in [4.69, 9.17) is 9.84 Å². The van der Waals surface area contributed by atoms with Crippen LogP contribution in [0.25, 0.3) is 0 Å². The van der Waals surface area contributed by atoms with E-state index < -0.39 is 5.97 Å². The van der Waals surface area contributed by atoms with Crippen molar-refractivity contribution in [3.8, 4) is 5.88 Å². The van der Waals surface area contributed by atoms with Gasteiger partial charge in [-0.1, -0.05) is 0 Å². The minimum atomic E-state index is -1.02. The first kappa shape index (κ1) is 10.4. The zero-order valence-corrected chi connectivity index (χ0v) is 9.53. The number of pyridine rings is 1. The monoisotopic (exact) mass is 271 g/mol. The van der Waals surface area contributed by atoms with Gasteiger partial charge in [0.1, 0.15) is 5.56 Å². The molecule has 1 N–H and O–H groups in total. The van der Waals surface area contributed by atoms with Crippen molar-refractivity contribution in [2.24, 2.45) is 5.92 Å². The van der Waals surface area contributed by atoms with Crippen LogP contribution in [0.4, 0.5) is 0 Å². The molecule has 0 atom stereocenters. The quantitative estimate of drug-likeness (QED) is 0.913. The Bertz CT molecular complexity index is 390. The molecule has 0 aromatic carbocycles. The number of aromatic nitrogens is 1. The molecule has 4 nitrogen and oxygen atoms in total. The van der Waals surface area contributed by atoms with Gasteiger partial charge in [0.05, 0.1) is 6.61 Å². The maximum Gasteiger partial charge on any atom is 0.341 e. The second-order valence-electron chi connectivity index (χ2n) is 3.57. The van der Waals surface area contributed by atoms with Crippen molar-refractivity contribution in [3.63, 3.8) is 0 Å². The molecule has 0 unspecified atom stereocenters. The molecule has 2 rings (SSSR count). The van der Waals surface area contributed by atoms with Crippen LogP contribution in [-0.2, 0) is 0 Å². The molecular weight excluding hydrogens is 262 g/mol. The van der Waals surface area contributed by atoms with Crippen LogP contribution in [0.3, 0.4) is 0 Å². The predicted molar refractivity (Wildman–Crippen MR) is 57.1 cm³/mol. The van der Waals surface area contributed by atoms with Gasteiger partial charge in [-0.2, -0.15) is 0 Å². The largest absolute Gasteiger partial charge is 0.477 e. The molecule has 1 fully saturated rings. The summed E-state index contributed by atoms with van der Waals surface area (Å²) in [6.45, 7) is 0.564. The van der Waals surface area contributed by atoms with Crippen molar-refractivity contribution in [1.29, 1.82) is 0 Å². The van der Waals surface area contributed by atoms with E-state index in [0.717, 1.165) is 0 Å². The van der Waals surface area contributed by atoms with Gasteiger partial charge in [-0.15, -0.1) is 0 Å². The molecule has 80 valence electrons. The molecule has 1 aliphatic carbocycles. The van der Waals surface area contributed by atoms with Crippen LogP contribution in [0, 0.1) is 5.92 Å². The number of aromatic carboxylic acids is 1. The number of halogens is 1. The maximum absolute atomic E-state index is 10.9. The molecule has 1 aromatic heterocycles. The van der Waals surface area contributed by atoms with Crippen molar-refractivity contribution in [3.05, 3.63) is 22.3 Å². The predicted octanol–water partition coefficient (Wildman–Crippen LogP) is 2.33. The number of nitrogens with zero attached hydrogens (tertiary/aromatic N) is 1. The lowest BCUT2D eigenvalue weighted by molar-refractivity contribution is 0.0690. The van der Waals surface area contributed by atoms with Crippen LogP contribution in [0.5, 0.6) is 5.88 Å². The average molecular weight is 272 g/mol. The Kier molecular flexibility index (Phi) is 2.90. The average Bonchev–Trinajstić information content (AvgIpc) is 2.99. The van der Waals surface area contributed by atoms with Crippen LogP contribution in [0.1, 0.15) is 23.2 Å². The van der Waals surface area contributed by atoms with Gasteiger partial charge in [0, 0.05) is 10.7 Å². The van der Waals surface area contributed by atoms with Gasteiger partial charge in [0.2, 0.25) is 5.88 Å². The topological polar surface area (TPSA) is 59.4 Å². The first-order valence-corrected chi connectivity index (χ1v) is 5.48. The Morgan fingerprint density at radius 2 is 2.40 bits per heavy atom. The van der Waals surface area contributed by atoms with Gasteiger partial charge in [-0.3, -0.25) is 0 Å². The van der Waals surface area contributed by atoms with Gasteiger partial charge in [-0.25, -0.2) is 9.78 Å². The SMILES string of the molecule is O=C(O)c1cc(Br)cnc1OCC1CC1. The second kappa shape index (κ2) is 4.18. The number of hydrogen-bond donors (Lipinski definition) is 1. The fraction of sp³-hybridized carbons (Fsp3) is 0.400. The van der Waals surface area contributed by atoms with E-state index in [2.05, 4.69) is 20.9 Å². The van der Waals surface area contributed by atoms with E-state index in [0.29, 0.717) is 17.0 Å². The summed E-state index contributed by atoms with van der Waals surface area (Å²) in [5.41, 5.74) is 0.102. The maximum atomic E-state index is 10.9. The lowest BCUT2D eigenvalue weighted by Gasteiger charge is -2.07. The van der Waals surface area contributed by atoms with Gasteiger partial charge >= 0.3 is 5.97 Å². The number of carboxylic acids is 1.